The van der Waals surface area contributed by atoms with Crippen LogP contribution in [0.4, 0.5) is 18.9 Å². The van der Waals surface area contributed by atoms with E-state index in [1.54, 1.807) is 25.1 Å². The van der Waals surface area contributed by atoms with Crippen LogP contribution >= 0.6 is 11.6 Å². The maximum Gasteiger partial charge on any atom is 0.434 e. The van der Waals surface area contributed by atoms with Crippen molar-refractivity contribution >= 4 is 23.2 Å². The Balaban J connectivity index is 1.61. The smallest absolute Gasteiger partial charge is 0.424 e. The summed E-state index contributed by atoms with van der Waals surface area (Å²) in [4.78, 5) is 20.7. The van der Waals surface area contributed by atoms with Crippen LogP contribution < -0.4 is 10.1 Å². The number of alkyl halides is 3. The molecule has 0 aliphatic heterocycles. The molecule has 33 heavy (non-hydrogen) atoms. The first kappa shape index (κ1) is 22.3. The summed E-state index contributed by atoms with van der Waals surface area (Å²) in [6, 6.07) is 12.2. The molecule has 0 fully saturated rings. The number of rotatable bonds is 5. The van der Waals surface area contributed by atoms with Gasteiger partial charge in [-0.3, -0.25) is 4.79 Å². The summed E-state index contributed by atoms with van der Waals surface area (Å²) < 4.78 is 47.8. The molecule has 0 bridgehead atoms. The van der Waals surface area contributed by atoms with E-state index in [1.165, 1.54) is 42.7 Å². The quantitative estimate of drug-likeness (QED) is 0.403. The Morgan fingerprint density at radius 3 is 2.52 bits per heavy atom. The lowest BCUT2D eigenvalue weighted by atomic mass is 10.1. The molecule has 7 nitrogen and oxygen atoms in total. The fourth-order valence-corrected chi connectivity index (χ4v) is 3.25. The first-order chi connectivity index (χ1) is 15.7. The molecule has 4 rings (SSSR count). The molecule has 0 saturated carbocycles. The fraction of sp³-hybridized carbons (Fsp3) is 0.0909. The molecule has 0 spiro atoms. The Morgan fingerprint density at radius 1 is 1.09 bits per heavy atom. The Kier molecular flexibility index (Phi) is 6.01. The van der Waals surface area contributed by atoms with Gasteiger partial charge in [0.2, 0.25) is 0 Å². The minimum atomic E-state index is -4.84. The molecule has 2 aromatic heterocycles. The summed E-state index contributed by atoms with van der Waals surface area (Å²) in [5.41, 5.74) is -0.881. The molecule has 11 heteroatoms. The van der Waals surface area contributed by atoms with E-state index >= 15 is 0 Å². The van der Waals surface area contributed by atoms with Gasteiger partial charge in [-0.05, 0) is 55.0 Å². The second-order valence-corrected chi connectivity index (χ2v) is 7.30. The van der Waals surface area contributed by atoms with Gasteiger partial charge in [-0.25, -0.2) is 14.6 Å². The van der Waals surface area contributed by atoms with Crippen LogP contribution in [0.2, 0.25) is 5.02 Å². The molecule has 1 amide bonds. The molecule has 0 radical (unpaired) electrons. The van der Waals surface area contributed by atoms with E-state index in [4.69, 9.17) is 16.3 Å². The zero-order valence-corrected chi connectivity index (χ0v) is 17.7. The van der Waals surface area contributed by atoms with E-state index in [-0.39, 0.29) is 16.7 Å². The standard InChI is InChI=1S/C22H15ClF3N5O2/c1-13-10-16(33-21-27-8-3-9-28-21)6-7-18(13)30-20(32)17-12-29-31(19(17)22(24,25)26)15-5-2-4-14(23)11-15/h2-12H,1H3,(H,30,32). The van der Waals surface area contributed by atoms with E-state index in [9.17, 15) is 18.0 Å². The number of hydrogen-bond donors (Lipinski definition) is 1. The van der Waals surface area contributed by atoms with Crippen molar-refractivity contribution in [1.29, 1.82) is 0 Å². The second-order valence-electron chi connectivity index (χ2n) is 6.86. The van der Waals surface area contributed by atoms with Crippen LogP contribution in [0.1, 0.15) is 21.6 Å². The van der Waals surface area contributed by atoms with Crippen molar-refractivity contribution in [2.45, 2.75) is 13.1 Å². The van der Waals surface area contributed by atoms with Crippen molar-refractivity contribution in [2.24, 2.45) is 0 Å². The molecule has 0 unspecified atom stereocenters. The number of halogens is 4. The van der Waals surface area contributed by atoms with Crippen molar-refractivity contribution in [3.8, 4) is 17.4 Å². The molecule has 0 aliphatic carbocycles. The van der Waals surface area contributed by atoms with Gasteiger partial charge in [0.1, 0.15) is 5.75 Å². The third kappa shape index (κ3) is 4.96. The maximum absolute atomic E-state index is 13.9. The number of nitrogens with one attached hydrogen (secondary N) is 1. The number of carbonyl (C=O) groups is 1. The average Bonchev–Trinajstić information content (AvgIpc) is 3.23. The van der Waals surface area contributed by atoms with E-state index < -0.39 is 23.3 Å². The van der Waals surface area contributed by atoms with Crippen molar-refractivity contribution in [1.82, 2.24) is 19.7 Å². The predicted octanol–water partition coefficient (Wildman–Crippen LogP) is 5.69. The number of hydrogen-bond acceptors (Lipinski definition) is 5. The molecule has 0 aliphatic rings. The second kappa shape index (κ2) is 8.91. The van der Waals surface area contributed by atoms with Gasteiger partial charge < -0.3 is 10.1 Å². The SMILES string of the molecule is Cc1cc(Oc2ncccn2)ccc1NC(=O)c1cnn(-c2cccc(Cl)c2)c1C(F)(F)F. The lowest BCUT2D eigenvalue weighted by Crippen LogP contribution is -2.21. The fourth-order valence-electron chi connectivity index (χ4n) is 3.06. The summed E-state index contributed by atoms with van der Waals surface area (Å²) in [5.74, 6) is -0.555. The van der Waals surface area contributed by atoms with E-state index in [0.717, 1.165) is 6.20 Å². The Hall–Kier alpha value is -3.92. The molecular weight excluding hydrogens is 459 g/mol. The highest BCUT2D eigenvalue weighted by Crippen LogP contribution is 2.34. The number of aromatic nitrogens is 4. The molecule has 2 heterocycles. The highest BCUT2D eigenvalue weighted by Gasteiger charge is 2.40. The molecule has 2 aromatic carbocycles. The van der Waals surface area contributed by atoms with E-state index in [2.05, 4.69) is 20.4 Å². The van der Waals surface area contributed by atoms with Gasteiger partial charge in [0.05, 0.1) is 17.4 Å². The van der Waals surface area contributed by atoms with E-state index in [1.807, 2.05) is 0 Å². The summed E-state index contributed by atoms with van der Waals surface area (Å²) >= 11 is 5.90. The summed E-state index contributed by atoms with van der Waals surface area (Å²) in [5, 5.41) is 6.52. The van der Waals surface area contributed by atoms with Gasteiger partial charge in [0.15, 0.2) is 5.69 Å². The average molecular weight is 474 g/mol. The monoisotopic (exact) mass is 473 g/mol. The van der Waals surface area contributed by atoms with Crippen molar-refractivity contribution < 1.29 is 22.7 Å². The number of nitrogens with zero attached hydrogens (tertiary/aromatic N) is 4. The number of anilines is 1. The first-order valence-electron chi connectivity index (χ1n) is 9.50. The third-order valence-electron chi connectivity index (χ3n) is 4.53. The zero-order chi connectivity index (χ0) is 23.6. The van der Waals surface area contributed by atoms with Crippen LogP contribution in [0, 0.1) is 6.92 Å². The number of ether oxygens (including phenoxy) is 1. The van der Waals surface area contributed by atoms with Gasteiger partial charge >= 0.3 is 12.2 Å². The van der Waals surface area contributed by atoms with Gasteiger partial charge in [-0.15, -0.1) is 0 Å². The lowest BCUT2D eigenvalue weighted by molar-refractivity contribution is -0.143. The lowest BCUT2D eigenvalue weighted by Gasteiger charge is -2.14. The topological polar surface area (TPSA) is 81.9 Å². The first-order valence-corrected chi connectivity index (χ1v) is 9.88. The van der Waals surface area contributed by atoms with Crippen molar-refractivity contribution in [2.75, 3.05) is 5.32 Å². The highest BCUT2D eigenvalue weighted by molar-refractivity contribution is 6.30. The number of benzene rings is 2. The number of aryl methyl sites for hydroxylation is 1. The normalized spacial score (nSPS) is 11.3. The Bertz CT molecular complexity index is 1310. The molecular formula is C22H15ClF3N5O2. The molecule has 168 valence electrons. The molecule has 4 aromatic rings. The largest absolute Gasteiger partial charge is 0.434 e. The highest BCUT2D eigenvalue weighted by atomic mass is 35.5. The summed E-state index contributed by atoms with van der Waals surface area (Å²) in [6.45, 7) is 1.67. The maximum atomic E-state index is 13.9. The Morgan fingerprint density at radius 2 is 1.85 bits per heavy atom. The molecule has 1 N–H and O–H groups in total. The van der Waals surface area contributed by atoms with Gasteiger partial charge in [-0.2, -0.15) is 18.3 Å². The minimum Gasteiger partial charge on any atom is -0.424 e. The van der Waals surface area contributed by atoms with Crippen LogP contribution in [-0.4, -0.2) is 25.7 Å². The number of amides is 1. The summed E-state index contributed by atoms with van der Waals surface area (Å²) in [7, 11) is 0. The van der Waals surface area contributed by atoms with Gasteiger partial charge in [-0.1, -0.05) is 17.7 Å². The van der Waals surface area contributed by atoms with Gasteiger partial charge in [0.25, 0.3) is 5.91 Å². The van der Waals surface area contributed by atoms with Crippen LogP contribution in [0.5, 0.6) is 11.8 Å². The van der Waals surface area contributed by atoms with E-state index in [0.29, 0.717) is 21.7 Å². The van der Waals surface area contributed by atoms with Crippen LogP contribution in [-0.2, 0) is 6.18 Å². The number of carbonyl (C=O) groups excluding carboxylic acids is 1. The molecule has 0 saturated heterocycles. The van der Waals surface area contributed by atoms with Crippen molar-refractivity contribution in [3.05, 3.63) is 89.0 Å². The van der Waals surface area contributed by atoms with Gasteiger partial charge in [0, 0.05) is 23.1 Å². The summed E-state index contributed by atoms with van der Waals surface area (Å²) in [6.07, 6.45) is -0.927. The van der Waals surface area contributed by atoms with Crippen LogP contribution in [0.3, 0.4) is 0 Å². The van der Waals surface area contributed by atoms with Crippen LogP contribution in [0.15, 0.2) is 67.1 Å². The minimum absolute atomic E-state index is 0.0784. The zero-order valence-electron chi connectivity index (χ0n) is 17.0. The van der Waals surface area contributed by atoms with Crippen LogP contribution in [0.25, 0.3) is 5.69 Å². The molecule has 0 atom stereocenters. The van der Waals surface area contributed by atoms with Crippen molar-refractivity contribution in [3.63, 3.8) is 0 Å². The third-order valence-corrected chi connectivity index (χ3v) is 4.77. The Labute approximate surface area is 190 Å². The predicted molar refractivity (Wildman–Crippen MR) is 115 cm³/mol.